The van der Waals surface area contributed by atoms with E-state index in [1.165, 1.54) is 24.8 Å². The first-order valence-corrected chi connectivity index (χ1v) is 10.3. The number of benzene rings is 1. The number of nitrogens with zero attached hydrogens (tertiary/aromatic N) is 3. The zero-order chi connectivity index (χ0) is 20.5. The largest absolute Gasteiger partial charge is 0.505 e. The summed E-state index contributed by atoms with van der Waals surface area (Å²) in [7, 11) is 0. The van der Waals surface area contributed by atoms with Crippen molar-refractivity contribution in [2.24, 2.45) is 0 Å². The van der Waals surface area contributed by atoms with Crippen molar-refractivity contribution in [3.8, 4) is 28.3 Å². The van der Waals surface area contributed by atoms with Gasteiger partial charge in [-0.15, -0.1) is 0 Å². The molecule has 7 nitrogen and oxygen atoms in total. The van der Waals surface area contributed by atoms with Gasteiger partial charge in [-0.25, -0.2) is 5.10 Å². The summed E-state index contributed by atoms with van der Waals surface area (Å²) in [6, 6.07) is 11.4. The third-order valence-corrected chi connectivity index (χ3v) is 5.74. The van der Waals surface area contributed by atoms with Crippen LogP contribution in [0.15, 0.2) is 53.6 Å². The van der Waals surface area contributed by atoms with Gasteiger partial charge >= 0.3 is 0 Å². The van der Waals surface area contributed by atoms with Crippen LogP contribution in [0.4, 0.5) is 0 Å². The third kappa shape index (κ3) is 3.48. The molecule has 4 heterocycles. The number of aromatic amines is 2. The van der Waals surface area contributed by atoms with Gasteiger partial charge < -0.3 is 10.1 Å². The molecule has 0 radical (unpaired) electrons. The molecule has 1 fully saturated rings. The molecular formula is C23H23N5O2. The predicted octanol–water partition coefficient (Wildman–Crippen LogP) is 3.67. The first kappa shape index (κ1) is 18.6. The lowest BCUT2D eigenvalue weighted by Gasteiger charge is -2.26. The maximum atomic E-state index is 12.5. The minimum atomic E-state index is -0.358. The van der Waals surface area contributed by atoms with Crippen molar-refractivity contribution in [2.45, 2.75) is 25.8 Å². The highest BCUT2D eigenvalue weighted by atomic mass is 16.3. The summed E-state index contributed by atoms with van der Waals surface area (Å²) < 4.78 is 0. The summed E-state index contributed by atoms with van der Waals surface area (Å²) in [6.45, 7) is 3.15. The van der Waals surface area contributed by atoms with Gasteiger partial charge in [0.15, 0.2) is 0 Å². The van der Waals surface area contributed by atoms with Gasteiger partial charge in [-0.2, -0.15) is 5.10 Å². The Labute approximate surface area is 173 Å². The van der Waals surface area contributed by atoms with Gasteiger partial charge in [0, 0.05) is 29.9 Å². The standard InChI is InChI=1S/C23H23N5O2/c29-22-17-5-4-15(14-28-10-2-1-3-11-28)12-20(17)25-21(22)18-13-19(26-27-23(18)30)16-6-8-24-9-7-16/h4-9,12-13,25,29H,1-3,10-11,14H2,(H,27,30). The number of likely N-dealkylation sites (tertiary alicyclic amines) is 1. The normalized spacial score (nSPS) is 14.9. The number of rotatable bonds is 4. The Kier molecular flexibility index (Phi) is 4.80. The zero-order valence-electron chi connectivity index (χ0n) is 16.6. The first-order valence-electron chi connectivity index (χ1n) is 10.3. The van der Waals surface area contributed by atoms with Crippen LogP contribution < -0.4 is 5.56 Å². The van der Waals surface area contributed by atoms with Gasteiger partial charge in [-0.3, -0.25) is 14.7 Å². The SMILES string of the molecule is O=c1[nH]nc(-c2ccncc2)cc1-c1[nH]c2cc(CN3CCCCC3)ccc2c1O. The van der Waals surface area contributed by atoms with Crippen LogP contribution >= 0.6 is 0 Å². The Morgan fingerprint density at radius 2 is 1.83 bits per heavy atom. The summed E-state index contributed by atoms with van der Waals surface area (Å²) in [5.74, 6) is 0.0758. The molecule has 3 aromatic heterocycles. The van der Waals surface area contributed by atoms with E-state index in [0.717, 1.165) is 30.7 Å². The van der Waals surface area contributed by atoms with Crippen LogP contribution in [0.5, 0.6) is 5.75 Å². The van der Waals surface area contributed by atoms with Gasteiger partial charge in [0.05, 0.1) is 22.5 Å². The smallest absolute Gasteiger partial charge is 0.273 e. The molecule has 3 N–H and O–H groups in total. The summed E-state index contributed by atoms with van der Waals surface area (Å²) in [5, 5.41) is 18.2. The molecule has 0 amide bonds. The van der Waals surface area contributed by atoms with Crippen LogP contribution in [0.1, 0.15) is 24.8 Å². The molecule has 152 valence electrons. The van der Waals surface area contributed by atoms with Crippen LogP contribution in [0.25, 0.3) is 33.4 Å². The van der Waals surface area contributed by atoms with E-state index in [4.69, 9.17) is 0 Å². The first-order chi connectivity index (χ1) is 14.7. The predicted molar refractivity (Wildman–Crippen MR) is 116 cm³/mol. The molecule has 0 atom stereocenters. The second-order valence-electron chi connectivity index (χ2n) is 7.80. The number of H-pyrrole nitrogens is 2. The monoisotopic (exact) mass is 401 g/mol. The molecule has 0 saturated carbocycles. The average Bonchev–Trinajstić information content (AvgIpc) is 3.11. The van der Waals surface area contributed by atoms with Gasteiger partial charge in [0.2, 0.25) is 0 Å². The van der Waals surface area contributed by atoms with Crippen molar-refractivity contribution in [1.82, 2.24) is 25.1 Å². The molecule has 7 heteroatoms. The Morgan fingerprint density at radius 3 is 2.63 bits per heavy atom. The number of aromatic hydroxyl groups is 1. The minimum Gasteiger partial charge on any atom is -0.505 e. The average molecular weight is 401 g/mol. The summed E-state index contributed by atoms with van der Waals surface area (Å²) in [6.07, 6.45) is 7.16. The van der Waals surface area contributed by atoms with E-state index < -0.39 is 0 Å². The van der Waals surface area contributed by atoms with Gasteiger partial charge in [0.25, 0.3) is 5.56 Å². The quantitative estimate of drug-likeness (QED) is 0.485. The molecule has 4 aromatic rings. The van der Waals surface area contributed by atoms with E-state index in [1.54, 1.807) is 18.5 Å². The van der Waals surface area contributed by atoms with E-state index in [2.05, 4.69) is 31.1 Å². The summed E-state index contributed by atoms with van der Waals surface area (Å²) in [4.78, 5) is 22.2. The van der Waals surface area contributed by atoms with Crippen molar-refractivity contribution in [1.29, 1.82) is 0 Å². The Bertz CT molecular complexity index is 1240. The topological polar surface area (TPSA) is 97.9 Å². The maximum Gasteiger partial charge on any atom is 0.273 e. The lowest BCUT2D eigenvalue weighted by Crippen LogP contribution is -2.29. The fourth-order valence-corrected chi connectivity index (χ4v) is 4.16. The lowest BCUT2D eigenvalue weighted by molar-refractivity contribution is 0.221. The van der Waals surface area contributed by atoms with Crippen LogP contribution in [-0.2, 0) is 6.54 Å². The Hall–Kier alpha value is -3.45. The van der Waals surface area contributed by atoms with E-state index in [0.29, 0.717) is 22.3 Å². The number of hydrogen-bond donors (Lipinski definition) is 3. The molecule has 0 aliphatic carbocycles. The van der Waals surface area contributed by atoms with E-state index in [9.17, 15) is 9.90 Å². The van der Waals surface area contributed by atoms with Crippen LogP contribution in [0.2, 0.25) is 0 Å². The van der Waals surface area contributed by atoms with Gasteiger partial charge in [-0.1, -0.05) is 12.5 Å². The van der Waals surface area contributed by atoms with E-state index in [-0.39, 0.29) is 11.3 Å². The van der Waals surface area contributed by atoms with Crippen LogP contribution in [0, 0.1) is 0 Å². The zero-order valence-corrected chi connectivity index (χ0v) is 16.6. The molecule has 1 aliphatic heterocycles. The fraction of sp³-hybridized carbons (Fsp3) is 0.261. The number of aromatic nitrogens is 4. The maximum absolute atomic E-state index is 12.5. The third-order valence-electron chi connectivity index (χ3n) is 5.74. The molecule has 1 aromatic carbocycles. The molecule has 1 aliphatic rings. The second kappa shape index (κ2) is 7.76. The molecular weight excluding hydrogens is 378 g/mol. The second-order valence-corrected chi connectivity index (χ2v) is 7.80. The Morgan fingerprint density at radius 1 is 1.03 bits per heavy atom. The highest BCUT2D eigenvalue weighted by Crippen LogP contribution is 2.36. The number of nitrogens with one attached hydrogen (secondary N) is 2. The number of hydrogen-bond acceptors (Lipinski definition) is 5. The van der Waals surface area contributed by atoms with Crippen molar-refractivity contribution < 1.29 is 5.11 Å². The van der Waals surface area contributed by atoms with Crippen molar-refractivity contribution in [3.05, 3.63) is 64.7 Å². The molecule has 0 unspecified atom stereocenters. The molecule has 1 saturated heterocycles. The number of pyridine rings is 1. The minimum absolute atomic E-state index is 0.0758. The lowest BCUT2D eigenvalue weighted by atomic mass is 10.1. The molecule has 0 bridgehead atoms. The molecule has 0 spiro atoms. The van der Waals surface area contributed by atoms with Crippen LogP contribution in [0.3, 0.4) is 0 Å². The summed E-state index contributed by atoms with van der Waals surface area (Å²) >= 11 is 0. The van der Waals surface area contributed by atoms with Crippen molar-refractivity contribution >= 4 is 10.9 Å². The molecule has 5 rings (SSSR count). The van der Waals surface area contributed by atoms with E-state index in [1.807, 2.05) is 24.3 Å². The Balaban J connectivity index is 1.53. The van der Waals surface area contributed by atoms with Gasteiger partial charge in [-0.05, 0) is 61.8 Å². The highest BCUT2D eigenvalue weighted by molar-refractivity contribution is 5.94. The fourth-order valence-electron chi connectivity index (χ4n) is 4.16. The summed E-state index contributed by atoms with van der Waals surface area (Å²) in [5.41, 5.74) is 3.85. The van der Waals surface area contributed by atoms with Crippen LogP contribution in [-0.4, -0.2) is 43.3 Å². The van der Waals surface area contributed by atoms with Crippen molar-refractivity contribution in [3.63, 3.8) is 0 Å². The number of piperidine rings is 1. The number of fused-ring (bicyclic) bond motifs is 1. The highest BCUT2D eigenvalue weighted by Gasteiger charge is 2.18. The van der Waals surface area contributed by atoms with Crippen molar-refractivity contribution in [2.75, 3.05) is 13.1 Å². The molecule has 30 heavy (non-hydrogen) atoms. The van der Waals surface area contributed by atoms with E-state index >= 15 is 0 Å². The van der Waals surface area contributed by atoms with Gasteiger partial charge in [0.1, 0.15) is 5.75 Å².